The normalized spacial score (nSPS) is 18.0. The molecule has 1 unspecified atom stereocenters. The second kappa shape index (κ2) is 7.43. The van der Waals surface area contributed by atoms with Gasteiger partial charge in [0.15, 0.2) is 0 Å². The first-order chi connectivity index (χ1) is 9.78. The third-order valence-electron chi connectivity index (χ3n) is 3.40. The fraction of sp³-hybridized carbons (Fsp3) is 0.800. The number of carbonyl (C=O) groups excluding carboxylic acids is 3. The van der Waals surface area contributed by atoms with Crippen LogP contribution in [-0.2, 0) is 19.1 Å². The van der Waals surface area contributed by atoms with E-state index < -0.39 is 17.5 Å². The van der Waals surface area contributed by atoms with E-state index in [1.807, 2.05) is 20.8 Å². The van der Waals surface area contributed by atoms with Crippen LogP contribution in [0.25, 0.3) is 0 Å². The quantitative estimate of drug-likeness (QED) is 0.451. The first kappa shape index (κ1) is 17.5. The molecule has 1 aliphatic rings. The molecular weight excluding hydrogens is 274 g/mol. The van der Waals surface area contributed by atoms with Gasteiger partial charge in [0.25, 0.3) is 0 Å². The minimum atomic E-state index is -0.731. The predicted octanol–water partition coefficient (Wildman–Crippen LogP) is 2.01. The van der Waals surface area contributed by atoms with E-state index in [1.165, 1.54) is 0 Å². The number of aldehydes is 1. The molecule has 0 aromatic heterocycles. The molecule has 0 aliphatic carbocycles. The lowest BCUT2D eigenvalue weighted by atomic mass is 9.85. The number of nitrogens with zero attached hydrogens (tertiary/aromatic N) is 1. The Balaban J connectivity index is 2.52. The zero-order valence-corrected chi connectivity index (χ0v) is 13.3. The molecule has 6 nitrogen and oxygen atoms in total. The molecule has 0 bridgehead atoms. The van der Waals surface area contributed by atoms with Crippen molar-refractivity contribution >= 4 is 18.3 Å². The average Bonchev–Trinajstić information content (AvgIpc) is 2.38. The number of piperidine rings is 1. The summed E-state index contributed by atoms with van der Waals surface area (Å²) in [4.78, 5) is 36.4. The van der Waals surface area contributed by atoms with E-state index in [2.05, 4.69) is 0 Å². The van der Waals surface area contributed by atoms with Gasteiger partial charge in [-0.05, 0) is 46.5 Å². The molecule has 1 heterocycles. The highest BCUT2D eigenvalue weighted by molar-refractivity contribution is 5.88. The van der Waals surface area contributed by atoms with Crippen LogP contribution in [0.1, 0.15) is 40.5 Å². The molecule has 0 saturated carbocycles. The van der Waals surface area contributed by atoms with Crippen molar-refractivity contribution in [1.82, 2.24) is 4.90 Å². The molecule has 1 fully saturated rings. The number of hydrogen-bond acceptors (Lipinski definition) is 5. The van der Waals surface area contributed by atoms with Gasteiger partial charge >= 0.3 is 12.1 Å². The van der Waals surface area contributed by atoms with Crippen LogP contribution in [0.4, 0.5) is 4.79 Å². The lowest BCUT2D eigenvalue weighted by Gasteiger charge is -2.34. The molecule has 1 rings (SSSR count). The van der Waals surface area contributed by atoms with Crippen molar-refractivity contribution in [3.63, 3.8) is 0 Å². The molecule has 21 heavy (non-hydrogen) atoms. The van der Waals surface area contributed by atoms with Crippen LogP contribution < -0.4 is 0 Å². The zero-order valence-electron chi connectivity index (χ0n) is 13.3. The fourth-order valence-electron chi connectivity index (χ4n) is 2.37. The van der Waals surface area contributed by atoms with E-state index in [9.17, 15) is 14.4 Å². The van der Waals surface area contributed by atoms with Crippen molar-refractivity contribution in [2.75, 3.05) is 19.7 Å². The fourth-order valence-corrected chi connectivity index (χ4v) is 2.37. The van der Waals surface area contributed by atoms with Crippen molar-refractivity contribution < 1.29 is 23.9 Å². The Bertz CT molecular complexity index is 380. The summed E-state index contributed by atoms with van der Waals surface area (Å²) in [5.74, 6) is -1.27. The summed E-state index contributed by atoms with van der Waals surface area (Å²) in [6.45, 7) is 8.42. The van der Waals surface area contributed by atoms with Gasteiger partial charge in [-0.2, -0.15) is 0 Å². The van der Waals surface area contributed by atoms with Gasteiger partial charge in [0.2, 0.25) is 0 Å². The second-order valence-electron chi connectivity index (χ2n) is 6.22. The lowest BCUT2D eigenvalue weighted by Crippen LogP contribution is -2.44. The number of hydrogen-bond donors (Lipinski definition) is 0. The largest absolute Gasteiger partial charge is 0.465 e. The smallest absolute Gasteiger partial charge is 0.410 e. The van der Waals surface area contributed by atoms with Gasteiger partial charge in [0, 0.05) is 13.1 Å². The van der Waals surface area contributed by atoms with Crippen LogP contribution in [0.2, 0.25) is 0 Å². The Kier molecular flexibility index (Phi) is 6.18. The van der Waals surface area contributed by atoms with Crippen LogP contribution in [0.5, 0.6) is 0 Å². The molecule has 1 atom stereocenters. The maximum absolute atomic E-state index is 11.9. The SMILES string of the molecule is CCOC(=O)C(C=O)C1CCN(C(=O)OC(C)(C)C)CC1. The molecular formula is C15H25NO5. The van der Waals surface area contributed by atoms with Crippen LogP contribution in [0.3, 0.4) is 0 Å². The molecule has 0 spiro atoms. The third kappa shape index (κ3) is 5.36. The Labute approximate surface area is 125 Å². The Hall–Kier alpha value is -1.59. The molecule has 0 N–H and O–H groups in total. The van der Waals surface area contributed by atoms with E-state index in [1.54, 1.807) is 11.8 Å². The maximum atomic E-state index is 11.9. The summed E-state index contributed by atoms with van der Waals surface area (Å²) in [5, 5.41) is 0. The van der Waals surface area contributed by atoms with Gasteiger partial charge in [-0.25, -0.2) is 4.79 Å². The first-order valence-electron chi connectivity index (χ1n) is 7.38. The van der Waals surface area contributed by atoms with Gasteiger partial charge in [0.05, 0.1) is 6.61 Å². The van der Waals surface area contributed by atoms with Gasteiger partial charge in [-0.1, -0.05) is 0 Å². The van der Waals surface area contributed by atoms with Crippen molar-refractivity contribution in [2.45, 2.75) is 46.1 Å². The summed E-state index contributed by atoms with van der Waals surface area (Å²) in [7, 11) is 0. The molecule has 0 aromatic rings. The Morgan fingerprint density at radius 1 is 1.29 bits per heavy atom. The summed E-state index contributed by atoms with van der Waals surface area (Å²) in [5.41, 5.74) is -0.524. The Morgan fingerprint density at radius 2 is 1.86 bits per heavy atom. The van der Waals surface area contributed by atoms with Gasteiger partial charge in [-0.3, -0.25) is 4.79 Å². The second-order valence-corrected chi connectivity index (χ2v) is 6.22. The molecule has 1 amide bonds. The topological polar surface area (TPSA) is 72.9 Å². The number of rotatable bonds is 4. The van der Waals surface area contributed by atoms with Gasteiger partial charge in [-0.15, -0.1) is 0 Å². The molecule has 1 aliphatic heterocycles. The van der Waals surface area contributed by atoms with Crippen molar-refractivity contribution in [3.8, 4) is 0 Å². The average molecular weight is 299 g/mol. The summed E-state index contributed by atoms with van der Waals surface area (Å²) in [6.07, 6.45) is 1.51. The number of likely N-dealkylation sites (tertiary alicyclic amines) is 1. The first-order valence-corrected chi connectivity index (χ1v) is 7.38. The molecule has 0 radical (unpaired) electrons. The van der Waals surface area contributed by atoms with Crippen LogP contribution in [-0.4, -0.2) is 48.5 Å². The monoisotopic (exact) mass is 299 g/mol. The number of esters is 1. The maximum Gasteiger partial charge on any atom is 0.410 e. The number of ether oxygens (including phenoxy) is 2. The molecule has 1 saturated heterocycles. The van der Waals surface area contributed by atoms with Gasteiger partial charge in [0.1, 0.15) is 17.8 Å². The highest BCUT2D eigenvalue weighted by Gasteiger charge is 2.34. The van der Waals surface area contributed by atoms with Crippen LogP contribution in [0, 0.1) is 11.8 Å². The van der Waals surface area contributed by atoms with E-state index in [0.717, 1.165) is 0 Å². The van der Waals surface area contributed by atoms with E-state index in [-0.39, 0.29) is 18.6 Å². The molecule has 6 heteroatoms. The predicted molar refractivity (Wildman–Crippen MR) is 76.7 cm³/mol. The minimum absolute atomic E-state index is 0.0692. The standard InChI is InChI=1S/C15H25NO5/c1-5-20-13(18)12(10-17)11-6-8-16(9-7-11)14(19)21-15(2,3)4/h10-12H,5-9H2,1-4H3. The molecule has 120 valence electrons. The van der Waals surface area contributed by atoms with E-state index in [0.29, 0.717) is 32.2 Å². The number of carbonyl (C=O) groups is 3. The van der Waals surface area contributed by atoms with Crippen molar-refractivity contribution in [3.05, 3.63) is 0 Å². The summed E-state index contributed by atoms with van der Waals surface area (Å²) < 4.78 is 10.2. The van der Waals surface area contributed by atoms with E-state index in [4.69, 9.17) is 9.47 Å². The van der Waals surface area contributed by atoms with Crippen LogP contribution >= 0.6 is 0 Å². The Morgan fingerprint density at radius 3 is 2.29 bits per heavy atom. The lowest BCUT2D eigenvalue weighted by molar-refractivity contribution is -0.152. The zero-order chi connectivity index (χ0) is 16.0. The van der Waals surface area contributed by atoms with Crippen molar-refractivity contribution in [2.24, 2.45) is 11.8 Å². The highest BCUT2D eigenvalue weighted by atomic mass is 16.6. The number of amides is 1. The van der Waals surface area contributed by atoms with Crippen LogP contribution in [0.15, 0.2) is 0 Å². The van der Waals surface area contributed by atoms with Gasteiger partial charge < -0.3 is 19.2 Å². The summed E-state index contributed by atoms with van der Waals surface area (Å²) in [6, 6.07) is 0. The molecule has 0 aromatic carbocycles. The van der Waals surface area contributed by atoms with Crippen molar-refractivity contribution in [1.29, 1.82) is 0 Å². The highest BCUT2D eigenvalue weighted by Crippen LogP contribution is 2.26. The third-order valence-corrected chi connectivity index (χ3v) is 3.40. The van der Waals surface area contributed by atoms with E-state index >= 15 is 0 Å². The minimum Gasteiger partial charge on any atom is -0.465 e. The summed E-state index contributed by atoms with van der Waals surface area (Å²) >= 11 is 0.